The van der Waals surface area contributed by atoms with Crippen molar-refractivity contribution < 1.29 is 17.9 Å². The Labute approximate surface area is 72.3 Å². The lowest BCUT2D eigenvalue weighted by atomic mass is 10.4. The van der Waals surface area contributed by atoms with Crippen molar-refractivity contribution in [1.82, 2.24) is 14.8 Å². The highest BCUT2D eigenvalue weighted by Gasteiger charge is 2.33. The molecule has 1 heterocycles. The van der Waals surface area contributed by atoms with E-state index in [-0.39, 0.29) is 6.04 Å². The third-order valence-corrected chi connectivity index (χ3v) is 1.22. The minimum Gasteiger partial charge on any atom is -0.369 e. The number of nitrogens with zero attached hydrogens (tertiary/aromatic N) is 3. The van der Waals surface area contributed by atoms with Crippen molar-refractivity contribution in [3.63, 3.8) is 0 Å². The molecule has 0 aliphatic heterocycles. The van der Waals surface area contributed by atoms with Crippen molar-refractivity contribution in [3.05, 3.63) is 6.33 Å². The molecule has 0 unspecified atom stereocenters. The van der Waals surface area contributed by atoms with E-state index in [2.05, 4.69) is 14.8 Å². The van der Waals surface area contributed by atoms with Crippen molar-refractivity contribution in [1.29, 1.82) is 0 Å². The predicted octanol–water partition coefficient (Wildman–Crippen LogP) is 1.76. The van der Waals surface area contributed by atoms with E-state index in [0.717, 1.165) is 0 Å². The van der Waals surface area contributed by atoms with Gasteiger partial charge in [-0.25, -0.2) is 4.68 Å². The first kappa shape index (κ1) is 9.82. The van der Waals surface area contributed by atoms with Crippen LogP contribution in [0, 0.1) is 0 Å². The Hall–Kier alpha value is -1.27. The quantitative estimate of drug-likeness (QED) is 0.721. The van der Waals surface area contributed by atoms with Gasteiger partial charge in [-0.2, -0.15) is 4.98 Å². The van der Waals surface area contributed by atoms with Gasteiger partial charge in [-0.15, -0.1) is 18.3 Å². The lowest BCUT2D eigenvalue weighted by Gasteiger charge is -2.04. The van der Waals surface area contributed by atoms with E-state index in [1.807, 2.05) is 0 Å². The fraction of sp³-hybridized carbons (Fsp3) is 0.667. The van der Waals surface area contributed by atoms with Crippen LogP contribution in [0.2, 0.25) is 0 Å². The van der Waals surface area contributed by atoms with Crippen LogP contribution in [0.4, 0.5) is 13.2 Å². The second-order valence-corrected chi connectivity index (χ2v) is 2.65. The van der Waals surface area contributed by atoms with Gasteiger partial charge in [0.15, 0.2) is 0 Å². The smallest absolute Gasteiger partial charge is 0.369 e. The summed E-state index contributed by atoms with van der Waals surface area (Å²) >= 11 is 0. The number of rotatable bonds is 2. The molecular weight excluding hydrogens is 187 g/mol. The lowest BCUT2D eigenvalue weighted by Crippen LogP contribution is -2.18. The first-order chi connectivity index (χ1) is 5.88. The molecule has 0 spiro atoms. The summed E-state index contributed by atoms with van der Waals surface area (Å²) in [5.41, 5.74) is 0. The van der Waals surface area contributed by atoms with E-state index in [1.54, 1.807) is 13.8 Å². The zero-order valence-corrected chi connectivity index (χ0v) is 7.04. The Balaban J connectivity index is 2.70. The molecule has 4 nitrogen and oxygen atoms in total. The van der Waals surface area contributed by atoms with Crippen LogP contribution in [-0.2, 0) is 0 Å². The molecule has 1 aromatic heterocycles. The normalized spacial score (nSPS) is 12.2. The molecule has 0 saturated heterocycles. The third kappa shape index (κ3) is 2.92. The second-order valence-electron chi connectivity index (χ2n) is 2.65. The van der Waals surface area contributed by atoms with Crippen LogP contribution >= 0.6 is 0 Å². The van der Waals surface area contributed by atoms with Gasteiger partial charge in [0.1, 0.15) is 6.33 Å². The molecule has 0 aliphatic rings. The number of hydrogen-bond donors (Lipinski definition) is 0. The number of aromatic nitrogens is 3. The molecule has 0 bridgehead atoms. The van der Waals surface area contributed by atoms with Crippen LogP contribution in [0.5, 0.6) is 6.01 Å². The molecule has 0 fully saturated rings. The van der Waals surface area contributed by atoms with Gasteiger partial charge in [0, 0.05) is 6.04 Å². The maximum atomic E-state index is 11.6. The van der Waals surface area contributed by atoms with E-state index in [9.17, 15) is 13.2 Å². The summed E-state index contributed by atoms with van der Waals surface area (Å²) in [4.78, 5) is 3.33. The molecule has 0 aromatic carbocycles. The fourth-order valence-electron chi connectivity index (χ4n) is 0.658. The number of hydrogen-bond acceptors (Lipinski definition) is 3. The number of ether oxygens (including phenoxy) is 1. The molecule has 0 N–H and O–H groups in total. The van der Waals surface area contributed by atoms with Gasteiger partial charge < -0.3 is 4.74 Å². The first-order valence-electron chi connectivity index (χ1n) is 3.55. The van der Waals surface area contributed by atoms with Crippen molar-refractivity contribution in [2.24, 2.45) is 0 Å². The highest BCUT2D eigenvalue weighted by molar-refractivity contribution is 4.88. The van der Waals surface area contributed by atoms with Gasteiger partial charge in [-0.05, 0) is 13.8 Å². The molecule has 1 aromatic rings. The Bertz CT molecular complexity index is 281. The van der Waals surface area contributed by atoms with Crippen molar-refractivity contribution in [2.45, 2.75) is 26.3 Å². The first-order valence-corrected chi connectivity index (χ1v) is 3.55. The van der Waals surface area contributed by atoms with E-state index in [4.69, 9.17) is 0 Å². The third-order valence-electron chi connectivity index (χ3n) is 1.22. The summed E-state index contributed by atoms with van der Waals surface area (Å²) in [6.45, 7) is 3.54. The van der Waals surface area contributed by atoms with Gasteiger partial charge in [0.2, 0.25) is 0 Å². The Kier molecular flexibility index (Phi) is 2.44. The standard InChI is InChI=1S/C6H8F3N3O/c1-4(2)12-3-10-5(11-12)13-6(7,8)9/h3-4H,1-2H3. The Morgan fingerprint density at radius 1 is 1.46 bits per heavy atom. The Morgan fingerprint density at radius 3 is 2.46 bits per heavy atom. The minimum atomic E-state index is -4.73. The monoisotopic (exact) mass is 195 g/mol. The van der Waals surface area contributed by atoms with Gasteiger partial charge in [-0.3, -0.25) is 0 Å². The van der Waals surface area contributed by atoms with E-state index < -0.39 is 12.4 Å². The molecule has 0 radical (unpaired) electrons. The fourth-order valence-corrected chi connectivity index (χ4v) is 0.658. The van der Waals surface area contributed by atoms with Gasteiger partial charge in [-0.1, -0.05) is 0 Å². The summed E-state index contributed by atoms with van der Waals surface area (Å²) < 4.78 is 39.7. The molecule has 74 valence electrons. The predicted molar refractivity (Wildman–Crippen MR) is 37.1 cm³/mol. The van der Waals surface area contributed by atoms with Gasteiger partial charge >= 0.3 is 12.4 Å². The lowest BCUT2D eigenvalue weighted by molar-refractivity contribution is -0.277. The summed E-state index contributed by atoms with van der Waals surface area (Å²) in [5.74, 6) is 0. The molecule has 0 aliphatic carbocycles. The highest BCUT2D eigenvalue weighted by Crippen LogP contribution is 2.18. The van der Waals surface area contributed by atoms with Crippen LogP contribution in [0.1, 0.15) is 19.9 Å². The number of halogens is 3. The molecule has 1 rings (SSSR count). The Morgan fingerprint density at radius 2 is 2.08 bits per heavy atom. The summed E-state index contributed by atoms with van der Waals surface area (Å²) in [6.07, 6.45) is -3.55. The zero-order chi connectivity index (χ0) is 10.1. The van der Waals surface area contributed by atoms with E-state index >= 15 is 0 Å². The summed E-state index contributed by atoms with van der Waals surface area (Å²) in [7, 11) is 0. The largest absolute Gasteiger partial charge is 0.575 e. The van der Waals surface area contributed by atoms with Crippen LogP contribution in [0.15, 0.2) is 6.33 Å². The van der Waals surface area contributed by atoms with Gasteiger partial charge in [0.05, 0.1) is 0 Å². The SMILES string of the molecule is CC(C)n1cnc(OC(F)(F)F)n1. The molecule has 7 heteroatoms. The topological polar surface area (TPSA) is 39.9 Å². The van der Waals surface area contributed by atoms with Crippen molar-refractivity contribution in [2.75, 3.05) is 0 Å². The average Bonchev–Trinajstić information content (AvgIpc) is 2.31. The van der Waals surface area contributed by atoms with Crippen LogP contribution in [0.3, 0.4) is 0 Å². The second kappa shape index (κ2) is 3.23. The molecule has 0 atom stereocenters. The van der Waals surface area contributed by atoms with Crippen LogP contribution in [-0.4, -0.2) is 21.1 Å². The van der Waals surface area contributed by atoms with E-state index in [1.165, 1.54) is 11.0 Å². The molecule has 13 heavy (non-hydrogen) atoms. The van der Waals surface area contributed by atoms with Crippen LogP contribution in [0.25, 0.3) is 0 Å². The van der Waals surface area contributed by atoms with E-state index in [0.29, 0.717) is 0 Å². The summed E-state index contributed by atoms with van der Waals surface area (Å²) in [5, 5.41) is 3.46. The maximum Gasteiger partial charge on any atom is 0.575 e. The highest BCUT2D eigenvalue weighted by atomic mass is 19.4. The van der Waals surface area contributed by atoms with Crippen LogP contribution < -0.4 is 4.74 Å². The minimum absolute atomic E-state index is 0.0434. The molecule has 0 amide bonds. The molecule has 0 saturated carbocycles. The zero-order valence-electron chi connectivity index (χ0n) is 7.04. The average molecular weight is 195 g/mol. The maximum absolute atomic E-state index is 11.6. The molecular formula is C6H8F3N3O. The number of alkyl halides is 3. The van der Waals surface area contributed by atoms with Crippen molar-refractivity contribution >= 4 is 0 Å². The van der Waals surface area contributed by atoms with Crippen molar-refractivity contribution in [3.8, 4) is 6.01 Å². The van der Waals surface area contributed by atoms with Gasteiger partial charge in [0.25, 0.3) is 0 Å². The summed E-state index contributed by atoms with van der Waals surface area (Å²) in [6, 6.07) is -0.723.